The summed E-state index contributed by atoms with van der Waals surface area (Å²) >= 11 is 0. The second-order valence-electron chi connectivity index (χ2n) is 4.33. The predicted molar refractivity (Wildman–Crippen MR) is 72.3 cm³/mol. The van der Waals surface area contributed by atoms with E-state index in [0.29, 0.717) is 11.3 Å². The molecule has 0 bridgehead atoms. The fourth-order valence-corrected chi connectivity index (χ4v) is 1.98. The molecule has 0 saturated heterocycles. The van der Waals surface area contributed by atoms with Gasteiger partial charge in [-0.1, -0.05) is 12.1 Å². The summed E-state index contributed by atoms with van der Waals surface area (Å²) in [5.41, 5.74) is 2.14. The van der Waals surface area contributed by atoms with Crippen LogP contribution < -0.4 is 0 Å². The molecule has 0 spiro atoms. The van der Waals surface area contributed by atoms with Gasteiger partial charge in [-0.05, 0) is 18.2 Å². The van der Waals surface area contributed by atoms with Crippen molar-refractivity contribution in [2.45, 2.75) is 6.42 Å². The number of aliphatic carboxylic acids is 1. The van der Waals surface area contributed by atoms with Gasteiger partial charge in [0.15, 0.2) is 5.82 Å². The van der Waals surface area contributed by atoms with Crippen molar-refractivity contribution in [1.29, 1.82) is 5.26 Å². The Morgan fingerprint density at radius 1 is 1.29 bits per heavy atom. The maximum absolute atomic E-state index is 10.7. The number of aromatic nitrogens is 4. The summed E-state index contributed by atoms with van der Waals surface area (Å²) in [5, 5.41) is 21.8. The molecule has 1 N–H and O–H groups in total. The van der Waals surface area contributed by atoms with E-state index in [1.807, 2.05) is 0 Å². The molecule has 0 atom stereocenters. The van der Waals surface area contributed by atoms with Crippen molar-refractivity contribution in [1.82, 2.24) is 19.6 Å². The molecule has 102 valence electrons. The Hall–Kier alpha value is -3.27. The average Bonchev–Trinajstić information content (AvgIpc) is 2.88. The molecule has 0 aliphatic carbocycles. The molecule has 3 aromatic rings. The van der Waals surface area contributed by atoms with Crippen molar-refractivity contribution in [2.75, 3.05) is 0 Å². The van der Waals surface area contributed by atoms with Crippen LogP contribution in [-0.4, -0.2) is 30.7 Å². The first-order valence-corrected chi connectivity index (χ1v) is 6.10. The van der Waals surface area contributed by atoms with E-state index in [4.69, 9.17) is 10.4 Å². The van der Waals surface area contributed by atoms with Gasteiger partial charge in [0, 0.05) is 11.8 Å². The number of carboxylic acid groups (broad SMARTS) is 1. The molecule has 0 amide bonds. The molecule has 0 unspecified atom stereocenters. The van der Waals surface area contributed by atoms with Crippen LogP contribution >= 0.6 is 0 Å². The molecule has 0 fully saturated rings. The van der Waals surface area contributed by atoms with Gasteiger partial charge in [0.2, 0.25) is 0 Å². The number of nitrogens with zero attached hydrogens (tertiary/aromatic N) is 5. The third-order valence-electron chi connectivity index (χ3n) is 2.90. The van der Waals surface area contributed by atoms with Gasteiger partial charge in [0.1, 0.15) is 6.42 Å². The summed E-state index contributed by atoms with van der Waals surface area (Å²) in [6.45, 7) is 0. The summed E-state index contributed by atoms with van der Waals surface area (Å²) < 4.78 is 1.50. The number of fused-ring (bicyclic) bond motifs is 1. The van der Waals surface area contributed by atoms with Gasteiger partial charge in [-0.25, -0.2) is 4.98 Å². The zero-order chi connectivity index (χ0) is 14.8. The number of hydrogen-bond acceptors (Lipinski definition) is 5. The first-order valence-electron chi connectivity index (χ1n) is 6.10. The van der Waals surface area contributed by atoms with Crippen LogP contribution in [0, 0.1) is 11.3 Å². The summed E-state index contributed by atoms with van der Waals surface area (Å²) in [7, 11) is 0. The predicted octanol–water partition coefficient (Wildman–Crippen LogP) is 1.29. The third-order valence-corrected chi connectivity index (χ3v) is 2.90. The van der Waals surface area contributed by atoms with Gasteiger partial charge in [-0.2, -0.15) is 14.8 Å². The highest BCUT2D eigenvalue weighted by molar-refractivity contribution is 5.69. The molecule has 7 heteroatoms. The molecule has 0 aliphatic rings. The molecule has 0 aliphatic heterocycles. The molecule has 1 aromatic carbocycles. The Labute approximate surface area is 119 Å². The standard InChI is InChI=1S/C14H9N5O2/c15-8-9-1-3-10(4-2-9)11-5-6-16-14-17-12(7-13(20)21)18-19(11)14/h1-6H,7H2,(H,20,21). The molecule has 2 aromatic heterocycles. The van der Waals surface area contributed by atoms with E-state index < -0.39 is 5.97 Å². The number of carboxylic acids is 1. The number of carbonyl (C=O) groups is 1. The lowest BCUT2D eigenvalue weighted by Crippen LogP contribution is -2.02. The number of hydrogen-bond donors (Lipinski definition) is 1. The highest BCUT2D eigenvalue weighted by Gasteiger charge is 2.12. The molecular weight excluding hydrogens is 270 g/mol. The zero-order valence-corrected chi connectivity index (χ0v) is 10.8. The van der Waals surface area contributed by atoms with Crippen molar-refractivity contribution in [3.8, 4) is 17.3 Å². The van der Waals surface area contributed by atoms with Gasteiger partial charge < -0.3 is 5.11 Å². The molecule has 0 radical (unpaired) electrons. The normalized spacial score (nSPS) is 10.4. The number of rotatable bonds is 3. The Bertz CT molecular complexity index is 861. The van der Waals surface area contributed by atoms with E-state index in [2.05, 4.69) is 21.1 Å². The van der Waals surface area contributed by atoms with E-state index in [1.165, 1.54) is 4.52 Å². The fourth-order valence-electron chi connectivity index (χ4n) is 1.98. The van der Waals surface area contributed by atoms with Gasteiger partial charge in [0.25, 0.3) is 5.78 Å². The van der Waals surface area contributed by atoms with Crippen LogP contribution in [0.3, 0.4) is 0 Å². The lowest BCUT2D eigenvalue weighted by Gasteiger charge is -2.03. The van der Waals surface area contributed by atoms with Crippen LogP contribution in [0.25, 0.3) is 17.0 Å². The number of benzene rings is 1. The van der Waals surface area contributed by atoms with E-state index in [9.17, 15) is 4.79 Å². The molecule has 2 heterocycles. The summed E-state index contributed by atoms with van der Waals surface area (Å²) in [4.78, 5) is 18.9. The molecule has 7 nitrogen and oxygen atoms in total. The summed E-state index contributed by atoms with van der Waals surface area (Å²) in [5.74, 6) is -0.449. The van der Waals surface area contributed by atoms with Crippen LogP contribution in [0.4, 0.5) is 0 Å². The second-order valence-corrected chi connectivity index (χ2v) is 4.33. The number of nitriles is 1. The Balaban J connectivity index is 2.11. The fraction of sp³-hybridized carbons (Fsp3) is 0.0714. The molecular formula is C14H9N5O2. The van der Waals surface area contributed by atoms with E-state index in [1.54, 1.807) is 36.5 Å². The quantitative estimate of drug-likeness (QED) is 0.774. The maximum atomic E-state index is 10.7. The topological polar surface area (TPSA) is 104 Å². The minimum Gasteiger partial charge on any atom is -0.481 e. The minimum atomic E-state index is -0.995. The van der Waals surface area contributed by atoms with Gasteiger partial charge in [-0.15, -0.1) is 5.10 Å². The summed E-state index contributed by atoms with van der Waals surface area (Å²) in [6, 6.07) is 10.8. The van der Waals surface area contributed by atoms with Crippen molar-refractivity contribution < 1.29 is 9.90 Å². The maximum Gasteiger partial charge on any atom is 0.311 e. The van der Waals surface area contributed by atoms with Gasteiger partial charge in [0.05, 0.1) is 17.3 Å². The van der Waals surface area contributed by atoms with Crippen molar-refractivity contribution in [2.24, 2.45) is 0 Å². The second kappa shape index (κ2) is 5.02. The Kier molecular flexibility index (Phi) is 3.04. The van der Waals surface area contributed by atoms with Crippen molar-refractivity contribution in [3.63, 3.8) is 0 Å². The Morgan fingerprint density at radius 3 is 2.71 bits per heavy atom. The smallest absolute Gasteiger partial charge is 0.311 e. The first kappa shape index (κ1) is 12.7. The summed E-state index contributed by atoms with van der Waals surface area (Å²) in [6.07, 6.45) is 1.33. The highest BCUT2D eigenvalue weighted by Crippen LogP contribution is 2.19. The van der Waals surface area contributed by atoms with Crippen LogP contribution in [0.1, 0.15) is 11.4 Å². The zero-order valence-electron chi connectivity index (χ0n) is 10.8. The molecule has 0 saturated carbocycles. The third kappa shape index (κ3) is 2.42. The molecule has 3 rings (SSSR count). The minimum absolute atomic E-state index is 0.205. The lowest BCUT2D eigenvalue weighted by molar-refractivity contribution is -0.136. The first-order chi connectivity index (χ1) is 10.2. The van der Waals surface area contributed by atoms with Crippen molar-refractivity contribution >= 4 is 11.7 Å². The van der Waals surface area contributed by atoms with Crippen LogP contribution in [0.5, 0.6) is 0 Å². The van der Waals surface area contributed by atoms with Gasteiger partial charge in [-0.3, -0.25) is 4.79 Å². The van der Waals surface area contributed by atoms with E-state index >= 15 is 0 Å². The van der Waals surface area contributed by atoms with E-state index in [-0.39, 0.29) is 12.2 Å². The average molecular weight is 279 g/mol. The highest BCUT2D eigenvalue weighted by atomic mass is 16.4. The van der Waals surface area contributed by atoms with Crippen LogP contribution in [0.15, 0.2) is 36.5 Å². The van der Waals surface area contributed by atoms with Crippen LogP contribution in [0.2, 0.25) is 0 Å². The van der Waals surface area contributed by atoms with Gasteiger partial charge >= 0.3 is 5.97 Å². The largest absolute Gasteiger partial charge is 0.481 e. The lowest BCUT2D eigenvalue weighted by atomic mass is 10.1. The van der Waals surface area contributed by atoms with Crippen LogP contribution in [-0.2, 0) is 11.2 Å². The van der Waals surface area contributed by atoms with E-state index in [0.717, 1.165) is 11.3 Å². The monoisotopic (exact) mass is 279 g/mol. The van der Waals surface area contributed by atoms with Crippen molar-refractivity contribution in [3.05, 3.63) is 47.9 Å². The SMILES string of the molecule is N#Cc1ccc(-c2ccnc3nc(CC(=O)O)nn23)cc1. The Morgan fingerprint density at radius 2 is 2.05 bits per heavy atom. The molecule has 21 heavy (non-hydrogen) atoms.